The second-order valence-corrected chi connectivity index (χ2v) is 3.78. The summed E-state index contributed by atoms with van der Waals surface area (Å²) in [7, 11) is 0. The van der Waals surface area contributed by atoms with Crippen LogP contribution < -0.4 is 21.1 Å². The molecular weight excluding hydrogens is 222 g/mol. The van der Waals surface area contributed by atoms with Crippen molar-refractivity contribution in [3.8, 4) is 5.75 Å². The van der Waals surface area contributed by atoms with Gasteiger partial charge in [0.15, 0.2) is 6.10 Å². The molecule has 90 valence electrons. The Hall–Kier alpha value is -2.24. The van der Waals surface area contributed by atoms with E-state index in [2.05, 4.69) is 10.6 Å². The molecule has 1 unspecified atom stereocenters. The number of hydrogen-bond acceptors (Lipinski definition) is 4. The first-order valence-corrected chi connectivity index (χ1v) is 5.20. The summed E-state index contributed by atoms with van der Waals surface area (Å²) in [5, 5.41) is 5.56. The van der Waals surface area contributed by atoms with E-state index in [0.717, 1.165) is 0 Å². The molecule has 0 radical (unpaired) electrons. The van der Waals surface area contributed by atoms with Gasteiger partial charge >= 0.3 is 0 Å². The van der Waals surface area contributed by atoms with E-state index in [1.54, 1.807) is 25.1 Å². The number of carbonyl (C=O) groups excluding carboxylic acids is 2. The number of amides is 2. The Kier molecular flexibility index (Phi) is 2.86. The van der Waals surface area contributed by atoms with Crippen molar-refractivity contribution in [2.24, 2.45) is 5.73 Å². The first-order valence-electron chi connectivity index (χ1n) is 5.20. The van der Waals surface area contributed by atoms with Gasteiger partial charge in [-0.2, -0.15) is 0 Å². The third-order valence-corrected chi connectivity index (χ3v) is 2.38. The Morgan fingerprint density at radius 3 is 3.06 bits per heavy atom. The van der Waals surface area contributed by atoms with E-state index in [-0.39, 0.29) is 12.5 Å². The van der Waals surface area contributed by atoms with Gasteiger partial charge in [-0.15, -0.1) is 0 Å². The van der Waals surface area contributed by atoms with Gasteiger partial charge in [0.2, 0.25) is 5.91 Å². The lowest BCUT2D eigenvalue weighted by Gasteiger charge is -2.23. The second kappa shape index (κ2) is 4.32. The molecular formula is C11H13N3O3. The molecule has 4 N–H and O–H groups in total. The third kappa shape index (κ3) is 2.47. The van der Waals surface area contributed by atoms with Gasteiger partial charge in [-0.05, 0) is 25.1 Å². The van der Waals surface area contributed by atoms with Crippen LogP contribution in [0.5, 0.6) is 5.75 Å². The lowest BCUT2D eigenvalue weighted by atomic mass is 10.2. The molecule has 6 nitrogen and oxygen atoms in total. The topological polar surface area (TPSA) is 93.4 Å². The molecule has 1 atom stereocenters. The molecule has 0 saturated heterocycles. The quantitative estimate of drug-likeness (QED) is 0.702. The Balaban J connectivity index is 2.17. The van der Waals surface area contributed by atoms with E-state index < -0.39 is 12.0 Å². The highest BCUT2D eigenvalue weighted by Crippen LogP contribution is 2.31. The van der Waals surface area contributed by atoms with Crippen molar-refractivity contribution in [2.45, 2.75) is 13.0 Å². The number of ether oxygens (including phenoxy) is 1. The predicted octanol–water partition coefficient (Wildman–Crippen LogP) is 0.303. The minimum absolute atomic E-state index is 0.0456. The number of benzene rings is 1. The number of rotatable bonds is 3. The SMILES string of the molecule is CC1Oc2ccc(NCC(N)=O)cc2NC1=O. The van der Waals surface area contributed by atoms with Crippen LogP contribution in [-0.4, -0.2) is 24.5 Å². The van der Waals surface area contributed by atoms with E-state index in [4.69, 9.17) is 10.5 Å². The molecule has 0 aromatic heterocycles. The summed E-state index contributed by atoms with van der Waals surface area (Å²) in [6.07, 6.45) is -0.494. The smallest absolute Gasteiger partial charge is 0.265 e. The summed E-state index contributed by atoms with van der Waals surface area (Å²) in [5.74, 6) is -0.0251. The van der Waals surface area contributed by atoms with Crippen molar-refractivity contribution in [2.75, 3.05) is 17.2 Å². The van der Waals surface area contributed by atoms with Crippen molar-refractivity contribution < 1.29 is 14.3 Å². The van der Waals surface area contributed by atoms with Crippen LogP contribution in [0.3, 0.4) is 0 Å². The first-order chi connectivity index (χ1) is 8.06. The average molecular weight is 235 g/mol. The van der Waals surface area contributed by atoms with Crippen molar-refractivity contribution in [1.29, 1.82) is 0 Å². The molecule has 2 rings (SSSR count). The van der Waals surface area contributed by atoms with E-state index in [0.29, 0.717) is 17.1 Å². The number of anilines is 2. The fourth-order valence-electron chi connectivity index (χ4n) is 1.51. The van der Waals surface area contributed by atoms with Crippen LogP contribution in [0.25, 0.3) is 0 Å². The highest BCUT2D eigenvalue weighted by atomic mass is 16.5. The Bertz CT molecular complexity index is 473. The van der Waals surface area contributed by atoms with Crippen LogP contribution in [-0.2, 0) is 9.59 Å². The summed E-state index contributed by atoms with van der Waals surface area (Å²) in [6.45, 7) is 1.72. The van der Waals surface area contributed by atoms with E-state index in [9.17, 15) is 9.59 Å². The number of fused-ring (bicyclic) bond motifs is 1. The van der Waals surface area contributed by atoms with Gasteiger partial charge in [0.25, 0.3) is 5.91 Å². The molecule has 1 aromatic rings. The van der Waals surface area contributed by atoms with Crippen LogP contribution in [0, 0.1) is 0 Å². The molecule has 17 heavy (non-hydrogen) atoms. The predicted molar refractivity (Wildman–Crippen MR) is 62.8 cm³/mol. The van der Waals surface area contributed by atoms with Crippen LogP contribution >= 0.6 is 0 Å². The molecule has 1 aliphatic rings. The minimum Gasteiger partial charge on any atom is -0.479 e. The fraction of sp³-hybridized carbons (Fsp3) is 0.273. The molecule has 0 saturated carbocycles. The second-order valence-electron chi connectivity index (χ2n) is 3.78. The normalized spacial score (nSPS) is 17.7. The molecule has 1 aliphatic heterocycles. The number of nitrogens with one attached hydrogen (secondary N) is 2. The molecule has 6 heteroatoms. The molecule has 2 amide bonds. The lowest BCUT2D eigenvalue weighted by Crippen LogP contribution is -2.34. The fourth-order valence-corrected chi connectivity index (χ4v) is 1.51. The molecule has 0 spiro atoms. The number of hydrogen-bond donors (Lipinski definition) is 3. The summed E-state index contributed by atoms with van der Waals surface area (Å²) < 4.78 is 5.39. The molecule has 0 fully saturated rings. The number of nitrogens with two attached hydrogens (primary N) is 1. The Morgan fingerprint density at radius 1 is 1.59 bits per heavy atom. The number of carbonyl (C=O) groups is 2. The highest BCUT2D eigenvalue weighted by Gasteiger charge is 2.23. The van der Waals surface area contributed by atoms with Crippen LogP contribution in [0.15, 0.2) is 18.2 Å². The van der Waals surface area contributed by atoms with Gasteiger partial charge in [-0.25, -0.2) is 0 Å². The zero-order chi connectivity index (χ0) is 12.4. The maximum Gasteiger partial charge on any atom is 0.265 e. The summed E-state index contributed by atoms with van der Waals surface area (Å²) in [4.78, 5) is 22.0. The van der Waals surface area contributed by atoms with Crippen molar-refractivity contribution >= 4 is 23.2 Å². The molecule has 0 aliphatic carbocycles. The van der Waals surface area contributed by atoms with E-state index >= 15 is 0 Å². The Labute approximate surface area is 98.1 Å². The van der Waals surface area contributed by atoms with E-state index in [1.807, 2.05) is 0 Å². The largest absolute Gasteiger partial charge is 0.479 e. The highest BCUT2D eigenvalue weighted by molar-refractivity contribution is 5.98. The summed E-state index contributed by atoms with van der Waals surface area (Å²) in [6, 6.07) is 5.18. The van der Waals surface area contributed by atoms with Crippen LogP contribution in [0.1, 0.15) is 6.92 Å². The standard InChI is InChI=1S/C11H13N3O3/c1-6-11(16)14-8-4-7(13-5-10(12)15)2-3-9(8)17-6/h2-4,6,13H,5H2,1H3,(H2,12,15)(H,14,16). The van der Waals surface area contributed by atoms with Gasteiger partial charge in [-0.3, -0.25) is 9.59 Å². The zero-order valence-corrected chi connectivity index (χ0v) is 9.32. The summed E-state index contributed by atoms with van der Waals surface area (Å²) >= 11 is 0. The van der Waals surface area contributed by atoms with Gasteiger partial charge < -0.3 is 21.1 Å². The lowest BCUT2D eigenvalue weighted by molar-refractivity contribution is -0.122. The van der Waals surface area contributed by atoms with Gasteiger partial charge in [0.05, 0.1) is 12.2 Å². The van der Waals surface area contributed by atoms with Crippen molar-refractivity contribution in [3.63, 3.8) is 0 Å². The number of primary amides is 1. The van der Waals surface area contributed by atoms with Crippen LogP contribution in [0.2, 0.25) is 0 Å². The van der Waals surface area contributed by atoms with Crippen LogP contribution in [0.4, 0.5) is 11.4 Å². The maximum atomic E-state index is 11.4. The van der Waals surface area contributed by atoms with Crippen molar-refractivity contribution in [3.05, 3.63) is 18.2 Å². The zero-order valence-electron chi connectivity index (χ0n) is 9.32. The van der Waals surface area contributed by atoms with Gasteiger partial charge in [0.1, 0.15) is 5.75 Å². The summed E-state index contributed by atoms with van der Waals surface area (Å²) in [5.41, 5.74) is 6.30. The molecule has 1 aromatic carbocycles. The molecule has 1 heterocycles. The first kappa shape index (κ1) is 11.3. The van der Waals surface area contributed by atoms with Gasteiger partial charge in [0, 0.05) is 5.69 Å². The Morgan fingerprint density at radius 2 is 2.35 bits per heavy atom. The van der Waals surface area contributed by atoms with Gasteiger partial charge in [-0.1, -0.05) is 0 Å². The third-order valence-electron chi connectivity index (χ3n) is 2.38. The monoisotopic (exact) mass is 235 g/mol. The minimum atomic E-state index is -0.494. The maximum absolute atomic E-state index is 11.4. The van der Waals surface area contributed by atoms with E-state index in [1.165, 1.54) is 0 Å². The van der Waals surface area contributed by atoms with Crippen molar-refractivity contribution in [1.82, 2.24) is 0 Å². The molecule has 0 bridgehead atoms. The average Bonchev–Trinajstić information content (AvgIpc) is 2.28.